The van der Waals surface area contributed by atoms with E-state index in [0.717, 1.165) is 23.5 Å². The Labute approximate surface area is 159 Å². The molecule has 1 amide bonds. The molecule has 1 heterocycles. The van der Waals surface area contributed by atoms with Crippen LogP contribution in [0.15, 0.2) is 53.7 Å². The molecule has 0 aliphatic rings. The second kappa shape index (κ2) is 8.30. The topological polar surface area (TPSA) is 59.8 Å². The number of carbonyl (C=O) groups is 1. The maximum Gasteiger partial charge on any atom is 0.237 e. The van der Waals surface area contributed by atoms with Crippen molar-refractivity contribution in [3.05, 3.63) is 60.2 Å². The Morgan fingerprint density at radius 3 is 2.56 bits per heavy atom. The molecule has 27 heavy (non-hydrogen) atoms. The molecule has 8 heteroatoms. The van der Waals surface area contributed by atoms with Crippen LogP contribution < -0.4 is 5.32 Å². The van der Waals surface area contributed by atoms with Gasteiger partial charge in [-0.25, -0.2) is 8.78 Å². The molecule has 0 unspecified atom stereocenters. The van der Waals surface area contributed by atoms with E-state index in [0.29, 0.717) is 11.7 Å². The van der Waals surface area contributed by atoms with Crippen LogP contribution in [0.4, 0.5) is 14.5 Å². The highest BCUT2D eigenvalue weighted by Gasteiger charge is 2.20. The third-order valence-electron chi connectivity index (χ3n) is 3.90. The van der Waals surface area contributed by atoms with Crippen LogP contribution in [0.1, 0.15) is 13.8 Å². The van der Waals surface area contributed by atoms with Gasteiger partial charge >= 0.3 is 0 Å². The van der Waals surface area contributed by atoms with E-state index in [2.05, 4.69) is 15.5 Å². The van der Waals surface area contributed by atoms with E-state index < -0.39 is 16.9 Å². The maximum absolute atomic E-state index is 13.3. The highest BCUT2D eigenvalue weighted by Crippen LogP contribution is 2.27. The fraction of sp³-hybridized carbons (Fsp3) is 0.211. The zero-order valence-electron chi connectivity index (χ0n) is 14.8. The minimum Gasteiger partial charge on any atom is -0.325 e. The third-order valence-corrected chi connectivity index (χ3v) is 4.98. The summed E-state index contributed by atoms with van der Waals surface area (Å²) in [7, 11) is 0. The number of rotatable bonds is 6. The molecule has 1 N–H and O–H groups in total. The average molecular weight is 388 g/mol. The Bertz CT molecular complexity index is 946. The molecular weight excluding hydrogens is 370 g/mol. The van der Waals surface area contributed by atoms with E-state index in [-0.39, 0.29) is 11.6 Å². The number of anilines is 1. The zero-order chi connectivity index (χ0) is 19.4. The van der Waals surface area contributed by atoms with Crippen molar-refractivity contribution in [3.63, 3.8) is 0 Å². The smallest absolute Gasteiger partial charge is 0.237 e. The Morgan fingerprint density at radius 1 is 1.15 bits per heavy atom. The quantitative estimate of drug-likeness (QED) is 0.638. The lowest BCUT2D eigenvalue weighted by molar-refractivity contribution is -0.115. The van der Waals surface area contributed by atoms with Gasteiger partial charge in [0.25, 0.3) is 0 Å². The first kappa shape index (κ1) is 19.0. The van der Waals surface area contributed by atoms with E-state index in [1.54, 1.807) is 6.92 Å². The fourth-order valence-corrected chi connectivity index (χ4v) is 3.40. The molecule has 5 nitrogen and oxygen atoms in total. The molecule has 3 aromatic rings. The highest BCUT2D eigenvalue weighted by molar-refractivity contribution is 8.00. The lowest BCUT2D eigenvalue weighted by Crippen LogP contribution is -2.23. The highest BCUT2D eigenvalue weighted by atomic mass is 32.2. The number of hydrogen-bond donors (Lipinski definition) is 1. The van der Waals surface area contributed by atoms with Crippen molar-refractivity contribution in [1.29, 1.82) is 0 Å². The van der Waals surface area contributed by atoms with Gasteiger partial charge in [-0.3, -0.25) is 4.79 Å². The summed E-state index contributed by atoms with van der Waals surface area (Å²) in [6.07, 6.45) is 0. The fourth-order valence-electron chi connectivity index (χ4n) is 2.49. The van der Waals surface area contributed by atoms with Crippen molar-refractivity contribution in [1.82, 2.24) is 14.8 Å². The van der Waals surface area contributed by atoms with Crippen molar-refractivity contribution in [2.45, 2.75) is 30.8 Å². The largest absolute Gasteiger partial charge is 0.325 e. The number of aromatic nitrogens is 3. The van der Waals surface area contributed by atoms with E-state index in [1.807, 2.05) is 41.8 Å². The van der Waals surface area contributed by atoms with Gasteiger partial charge in [-0.05, 0) is 26.0 Å². The second-order valence-corrected chi connectivity index (χ2v) is 7.10. The number of hydrogen-bond acceptors (Lipinski definition) is 4. The van der Waals surface area contributed by atoms with Crippen LogP contribution in [0.2, 0.25) is 0 Å². The van der Waals surface area contributed by atoms with Crippen molar-refractivity contribution >= 4 is 23.4 Å². The predicted molar refractivity (Wildman–Crippen MR) is 101 cm³/mol. The van der Waals surface area contributed by atoms with Gasteiger partial charge in [0, 0.05) is 23.9 Å². The van der Waals surface area contributed by atoms with Crippen LogP contribution in [0, 0.1) is 11.6 Å². The van der Waals surface area contributed by atoms with Gasteiger partial charge in [0.1, 0.15) is 0 Å². The summed E-state index contributed by atoms with van der Waals surface area (Å²) in [6, 6.07) is 12.9. The summed E-state index contributed by atoms with van der Waals surface area (Å²) in [5.41, 5.74) is 1.14. The van der Waals surface area contributed by atoms with Gasteiger partial charge in [-0.15, -0.1) is 10.2 Å². The maximum atomic E-state index is 13.3. The third kappa shape index (κ3) is 4.33. The first-order valence-electron chi connectivity index (χ1n) is 8.40. The van der Waals surface area contributed by atoms with Crippen molar-refractivity contribution in [2.75, 3.05) is 5.32 Å². The van der Waals surface area contributed by atoms with Crippen molar-refractivity contribution in [3.8, 4) is 11.4 Å². The number of benzene rings is 2. The number of carbonyl (C=O) groups excluding carboxylic acids is 1. The van der Waals surface area contributed by atoms with Gasteiger partial charge in [0.15, 0.2) is 22.6 Å². The number of nitrogens with zero attached hydrogens (tertiary/aromatic N) is 3. The summed E-state index contributed by atoms with van der Waals surface area (Å²) in [5.74, 6) is -1.57. The van der Waals surface area contributed by atoms with Gasteiger partial charge < -0.3 is 9.88 Å². The molecule has 1 aromatic heterocycles. The molecule has 0 aliphatic carbocycles. The van der Waals surface area contributed by atoms with E-state index >= 15 is 0 Å². The Hall–Kier alpha value is -2.74. The Kier molecular flexibility index (Phi) is 5.85. The first-order chi connectivity index (χ1) is 13.0. The van der Waals surface area contributed by atoms with Crippen LogP contribution >= 0.6 is 11.8 Å². The molecular formula is C19H18F2N4OS. The van der Waals surface area contributed by atoms with E-state index in [4.69, 9.17) is 0 Å². The van der Waals surface area contributed by atoms with Gasteiger partial charge in [0.05, 0.1) is 5.25 Å². The molecule has 2 aromatic carbocycles. The van der Waals surface area contributed by atoms with Crippen LogP contribution in [0.5, 0.6) is 0 Å². The zero-order valence-corrected chi connectivity index (χ0v) is 15.6. The van der Waals surface area contributed by atoms with Crippen LogP contribution in [-0.2, 0) is 11.3 Å². The van der Waals surface area contributed by atoms with Crippen molar-refractivity contribution < 1.29 is 13.6 Å². The molecule has 1 atom stereocenters. The molecule has 0 bridgehead atoms. The minimum absolute atomic E-state index is 0.202. The molecule has 0 aliphatic heterocycles. The second-order valence-electron chi connectivity index (χ2n) is 5.79. The molecule has 0 saturated carbocycles. The van der Waals surface area contributed by atoms with Crippen LogP contribution in [0.3, 0.4) is 0 Å². The number of thioether (sulfide) groups is 1. The summed E-state index contributed by atoms with van der Waals surface area (Å²) < 4.78 is 28.2. The average Bonchev–Trinajstić information content (AvgIpc) is 3.08. The molecule has 0 radical (unpaired) electrons. The lowest BCUT2D eigenvalue weighted by Gasteiger charge is -2.13. The number of nitrogens with one attached hydrogen (secondary N) is 1. The summed E-state index contributed by atoms with van der Waals surface area (Å²) >= 11 is 1.25. The molecule has 3 rings (SSSR count). The summed E-state index contributed by atoms with van der Waals surface area (Å²) in [5, 5.41) is 11.1. The van der Waals surface area contributed by atoms with Crippen LogP contribution in [0.25, 0.3) is 11.4 Å². The standard InChI is InChI=1S/C19H18F2N4OS/c1-3-25-17(13-7-5-4-6-8-13)23-24-19(25)27-12(2)18(26)22-14-9-10-15(20)16(21)11-14/h4-12H,3H2,1-2H3,(H,22,26)/t12-/m0/s1. The Balaban J connectivity index is 1.73. The predicted octanol–water partition coefficient (Wildman–Crippen LogP) is 4.36. The van der Waals surface area contributed by atoms with Crippen molar-refractivity contribution in [2.24, 2.45) is 0 Å². The summed E-state index contributed by atoms with van der Waals surface area (Å²) in [6.45, 7) is 4.35. The normalized spacial score (nSPS) is 12.0. The minimum atomic E-state index is -1.01. The number of amides is 1. The van der Waals surface area contributed by atoms with E-state index in [9.17, 15) is 13.6 Å². The number of halogens is 2. The first-order valence-corrected chi connectivity index (χ1v) is 9.28. The van der Waals surface area contributed by atoms with Gasteiger partial charge in [0.2, 0.25) is 5.91 Å². The van der Waals surface area contributed by atoms with Gasteiger partial charge in [-0.1, -0.05) is 42.1 Å². The lowest BCUT2D eigenvalue weighted by atomic mass is 10.2. The molecule has 0 spiro atoms. The molecule has 0 saturated heterocycles. The molecule has 0 fully saturated rings. The Morgan fingerprint density at radius 2 is 1.89 bits per heavy atom. The summed E-state index contributed by atoms with van der Waals surface area (Å²) in [4.78, 5) is 12.4. The monoisotopic (exact) mass is 388 g/mol. The van der Waals surface area contributed by atoms with Crippen LogP contribution in [-0.4, -0.2) is 25.9 Å². The van der Waals surface area contributed by atoms with E-state index in [1.165, 1.54) is 17.8 Å². The molecule has 140 valence electrons. The van der Waals surface area contributed by atoms with Gasteiger partial charge in [-0.2, -0.15) is 0 Å². The SMILES string of the molecule is CCn1c(S[C@@H](C)C(=O)Nc2ccc(F)c(F)c2)nnc1-c1ccccc1.